The number of hydrogen-bond donors (Lipinski definition) is 2. The Kier molecular flexibility index (Phi) is 5.23. The number of ether oxygens (including phenoxy) is 1. The van der Waals surface area contributed by atoms with Crippen LogP contribution in [0.4, 0.5) is 5.95 Å². The quantitative estimate of drug-likeness (QED) is 0.684. The first kappa shape index (κ1) is 19.7. The summed E-state index contributed by atoms with van der Waals surface area (Å²) < 4.78 is 7.38. The minimum atomic E-state index is 0. The van der Waals surface area contributed by atoms with E-state index in [0.717, 1.165) is 54.8 Å². The second-order valence-corrected chi connectivity index (χ2v) is 7.82. The van der Waals surface area contributed by atoms with Crippen LogP contribution in [0.25, 0.3) is 16.7 Å². The van der Waals surface area contributed by atoms with Crippen LogP contribution in [0.15, 0.2) is 48.5 Å². The third-order valence-corrected chi connectivity index (χ3v) is 6.21. The Labute approximate surface area is 176 Å². The minimum absolute atomic E-state index is 0. The molecule has 2 heterocycles. The SMILES string of the molecule is COc1cccc(-n2c(NC(=O)C3CC34CCNCC4)nc3ccccc32)c1.Cl. The Balaban J connectivity index is 0.00000205. The number of nitrogens with zero attached hydrogens (tertiary/aromatic N) is 2. The highest BCUT2D eigenvalue weighted by Gasteiger charge is 2.57. The first-order valence-corrected chi connectivity index (χ1v) is 9.84. The summed E-state index contributed by atoms with van der Waals surface area (Å²) in [6.07, 6.45) is 3.15. The number of methoxy groups -OCH3 is 1. The molecule has 1 amide bonds. The average molecular weight is 413 g/mol. The summed E-state index contributed by atoms with van der Waals surface area (Å²) >= 11 is 0. The van der Waals surface area contributed by atoms with Gasteiger partial charge in [-0.25, -0.2) is 4.98 Å². The van der Waals surface area contributed by atoms with Crippen LogP contribution in [0, 0.1) is 11.3 Å². The van der Waals surface area contributed by atoms with E-state index in [2.05, 4.69) is 10.6 Å². The number of carbonyl (C=O) groups is 1. The first-order chi connectivity index (χ1) is 13.7. The molecule has 2 aliphatic rings. The van der Waals surface area contributed by atoms with Gasteiger partial charge in [-0.3, -0.25) is 14.7 Å². The predicted molar refractivity (Wildman–Crippen MR) is 116 cm³/mol. The second-order valence-electron chi connectivity index (χ2n) is 7.82. The smallest absolute Gasteiger partial charge is 0.230 e. The van der Waals surface area contributed by atoms with E-state index in [1.807, 2.05) is 53.1 Å². The van der Waals surface area contributed by atoms with E-state index in [-0.39, 0.29) is 29.6 Å². The lowest BCUT2D eigenvalue weighted by atomic mass is 9.92. The van der Waals surface area contributed by atoms with Crippen LogP contribution in [0.3, 0.4) is 0 Å². The fourth-order valence-corrected chi connectivity index (χ4v) is 4.51. The average Bonchev–Trinajstić information content (AvgIpc) is 3.29. The molecule has 29 heavy (non-hydrogen) atoms. The lowest BCUT2D eigenvalue weighted by molar-refractivity contribution is -0.118. The monoisotopic (exact) mass is 412 g/mol. The van der Waals surface area contributed by atoms with Gasteiger partial charge in [0.25, 0.3) is 0 Å². The van der Waals surface area contributed by atoms with Crippen molar-refractivity contribution in [3.8, 4) is 11.4 Å². The molecule has 152 valence electrons. The van der Waals surface area contributed by atoms with Crippen molar-refractivity contribution in [1.29, 1.82) is 0 Å². The van der Waals surface area contributed by atoms with Crippen molar-refractivity contribution >= 4 is 35.3 Å². The maximum Gasteiger partial charge on any atom is 0.230 e. The van der Waals surface area contributed by atoms with Gasteiger partial charge < -0.3 is 10.1 Å². The molecule has 5 rings (SSSR count). The van der Waals surface area contributed by atoms with Crippen molar-refractivity contribution in [2.75, 3.05) is 25.5 Å². The van der Waals surface area contributed by atoms with Gasteiger partial charge in [-0.15, -0.1) is 12.4 Å². The number of carbonyl (C=O) groups excluding carboxylic acids is 1. The van der Waals surface area contributed by atoms with Gasteiger partial charge in [-0.1, -0.05) is 18.2 Å². The van der Waals surface area contributed by atoms with E-state index < -0.39 is 0 Å². The molecule has 0 radical (unpaired) electrons. The highest BCUT2D eigenvalue weighted by molar-refractivity contribution is 5.96. The number of nitrogens with one attached hydrogen (secondary N) is 2. The fourth-order valence-electron chi connectivity index (χ4n) is 4.51. The molecule has 6 nitrogen and oxygen atoms in total. The molecule has 1 unspecified atom stereocenters. The van der Waals surface area contributed by atoms with Gasteiger partial charge in [-0.2, -0.15) is 0 Å². The topological polar surface area (TPSA) is 68.2 Å². The molecule has 7 heteroatoms. The van der Waals surface area contributed by atoms with Crippen LogP contribution in [0.2, 0.25) is 0 Å². The van der Waals surface area contributed by atoms with Crippen molar-refractivity contribution in [3.63, 3.8) is 0 Å². The zero-order valence-electron chi connectivity index (χ0n) is 16.4. The normalized spacial score (nSPS) is 19.6. The number of aromatic nitrogens is 2. The van der Waals surface area contributed by atoms with E-state index in [9.17, 15) is 4.79 Å². The number of anilines is 1. The maximum absolute atomic E-state index is 13.0. The minimum Gasteiger partial charge on any atom is -0.497 e. The number of piperidine rings is 1. The summed E-state index contributed by atoms with van der Waals surface area (Å²) in [7, 11) is 1.65. The van der Waals surface area contributed by atoms with E-state index in [0.29, 0.717) is 5.95 Å². The van der Waals surface area contributed by atoms with Crippen molar-refractivity contribution in [2.45, 2.75) is 19.3 Å². The third-order valence-electron chi connectivity index (χ3n) is 6.21. The fraction of sp³-hybridized carbons (Fsp3) is 0.364. The standard InChI is InChI=1S/C22H24N4O2.ClH/c1-28-16-6-4-5-15(13-16)26-19-8-3-2-7-18(19)24-21(26)25-20(27)17-14-22(17)9-11-23-12-10-22;/h2-8,13,17,23H,9-12,14H2,1H3,(H,24,25,27);1H. The Bertz CT molecular complexity index is 1040. The molecule has 2 aromatic carbocycles. The molecule has 3 aromatic rings. The Morgan fingerprint density at radius 1 is 1.21 bits per heavy atom. The number of imidazole rings is 1. The van der Waals surface area contributed by atoms with Crippen molar-refractivity contribution in [3.05, 3.63) is 48.5 Å². The highest BCUT2D eigenvalue weighted by atomic mass is 35.5. The molecule has 1 aliphatic carbocycles. The molecule has 1 aromatic heterocycles. The van der Waals surface area contributed by atoms with Crippen LogP contribution in [0.5, 0.6) is 5.75 Å². The van der Waals surface area contributed by atoms with Gasteiger partial charge in [0.2, 0.25) is 11.9 Å². The Morgan fingerprint density at radius 3 is 2.79 bits per heavy atom. The van der Waals surface area contributed by atoms with Gasteiger partial charge in [-0.05, 0) is 62.0 Å². The van der Waals surface area contributed by atoms with Gasteiger partial charge in [0.15, 0.2) is 0 Å². The summed E-state index contributed by atoms with van der Waals surface area (Å²) in [5, 5.41) is 6.51. The van der Waals surface area contributed by atoms with Crippen molar-refractivity contribution < 1.29 is 9.53 Å². The third kappa shape index (κ3) is 3.47. The number of benzene rings is 2. The van der Waals surface area contributed by atoms with Crippen LogP contribution in [-0.2, 0) is 4.79 Å². The number of amides is 1. The second kappa shape index (κ2) is 7.69. The van der Waals surface area contributed by atoms with Crippen molar-refractivity contribution in [1.82, 2.24) is 14.9 Å². The van der Waals surface area contributed by atoms with E-state index in [1.165, 1.54) is 0 Å². The molecular weight excluding hydrogens is 388 g/mol. The lowest BCUT2D eigenvalue weighted by Gasteiger charge is -2.23. The Hall–Kier alpha value is -2.57. The zero-order valence-corrected chi connectivity index (χ0v) is 17.2. The number of para-hydroxylation sites is 2. The molecule has 0 bridgehead atoms. The predicted octanol–water partition coefficient (Wildman–Crippen LogP) is 3.78. The summed E-state index contributed by atoms with van der Waals surface area (Å²) in [5.41, 5.74) is 2.92. The van der Waals surface area contributed by atoms with Crippen LogP contribution in [-0.4, -0.2) is 35.7 Å². The van der Waals surface area contributed by atoms with Crippen molar-refractivity contribution in [2.24, 2.45) is 11.3 Å². The molecule has 2 fully saturated rings. The largest absolute Gasteiger partial charge is 0.497 e. The molecule has 1 saturated carbocycles. The Morgan fingerprint density at radius 2 is 2.00 bits per heavy atom. The number of rotatable bonds is 4. The van der Waals surface area contributed by atoms with Gasteiger partial charge in [0, 0.05) is 12.0 Å². The first-order valence-electron chi connectivity index (χ1n) is 9.84. The van der Waals surface area contributed by atoms with Gasteiger partial charge >= 0.3 is 0 Å². The summed E-state index contributed by atoms with van der Waals surface area (Å²) in [6.45, 7) is 2.01. The maximum atomic E-state index is 13.0. The molecule has 1 aliphatic heterocycles. The number of fused-ring (bicyclic) bond motifs is 1. The van der Waals surface area contributed by atoms with E-state index in [4.69, 9.17) is 9.72 Å². The summed E-state index contributed by atoms with van der Waals surface area (Å²) in [5.74, 6) is 1.51. The summed E-state index contributed by atoms with van der Waals surface area (Å²) in [6, 6.07) is 15.7. The molecule has 1 spiro atoms. The molecule has 2 N–H and O–H groups in total. The van der Waals surface area contributed by atoms with Gasteiger partial charge in [0.05, 0.1) is 23.8 Å². The van der Waals surface area contributed by atoms with E-state index in [1.54, 1.807) is 7.11 Å². The molecule has 1 saturated heterocycles. The lowest BCUT2D eigenvalue weighted by Crippen LogP contribution is -2.32. The van der Waals surface area contributed by atoms with Gasteiger partial charge in [0.1, 0.15) is 5.75 Å². The van der Waals surface area contributed by atoms with E-state index >= 15 is 0 Å². The zero-order chi connectivity index (χ0) is 19.1. The number of hydrogen-bond acceptors (Lipinski definition) is 4. The highest BCUT2D eigenvalue weighted by Crippen LogP contribution is 2.58. The molecule has 1 atom stereocenters. The van der Waals surface area contributed by atoms with Crippen LogP contribution in [0.1, 0.15) is 19.3 Å². The van der Waals surface area contributed by atoms with Crippen LogP contribution >= 0.6 is 12.4 Å². The molecular formula is C22H25ClN4O2. The summed E-state index contributed by atoms with van der Waals surface area (Å²) in [4.78, 5) is 17.7. The number of halogens is 1. The van der Waals surface area contributed by atoms with Crippen LogP contribution < -0.4 is 15.4 Å².